The van der Waals surface area contributed by atoms with Crippen molar-refractivity contribution in [1.82, 2.24) is 5.32 Å². The van der Waals surface area contributed by atoms with Crippen LogP contribution >= 0.6 is 11.3 Å². The fourth-order valence-corrected chi connectivity index (χ4v) is 3.05. The predicted octanol–water partition coefficient (Wildman–Crippen LogP) is 4.56. The lowest BCUT2D eigenvalue weighted by molar-refractivity contribution is 0.414. The van der Waals surface area contributed by atoms with Gasteiger partial charge in [0.2, 0.25) is 0 Å². The molecule has 3 heteroatoms. The Labute approximate surface area is 119 Å². The van der Waals surface area contributed by atoms with Crippen molar-refractivity contribution in [2.24, 2.45) is 0 Å². The molecule has 102 valence electrons. The second kappa shape index (κ2) is 6.73. The van der Waals surface area contributed by atoms with E-state index in [0.717, 1.165) is 12.2 Å². The summed E-state index contributed by atoms with van der Waals surface area (Å²) < 4.78 is 5.19. The van der Waals surface area contributed by atoms with Gasteiger partial charge in [0.05, 0.1) is 7.11 Å². The fraction of sp³-hybridized carbons (Fsp3) is 0.375. The molecule has 2 rings (SSSR count). The zero-order valence-electron chi connectivity index (χ0n) is 11.7. The Morgan fingerprint density at radius 2 is 1.95 bits per heavy atom. The van der Waals surface area contributed by atoms with Gasteiger partial charge in [0, 0.05) is 17.0 Å². The van der Waals surface area contributed by atoms with Gasteiger partial charge in [-0.15, -0.1) is 11.3 Å². The summed E-state index contributed by atoms with van der Waals surface area (Å²) in [5.74, 6) is 0.904. The first-order valence-electron chi connectivity index (χ1n) is 6.68. The molecule has 1 aromatic carbocycles. The topological polar surface area (TPSA) is 21.3 Å². The number of hydrogen-bond acceptors (Lipinski definition) is 3. The van der Waals surface area contributed by atoms with Crippen molar-refractivity contribution in [3.8, 4) is 5.75 Å². The highest BCUT2D eigenvalue weighted by Crippen LogP contribution is 2.26. The Balaban J connectivity index is 2.04. The molecule has 0 amide bonds. The minimum atomic E-state index is 0.331. The average Bonchev–Trinajstić information content (AvgIpc) is 2.98. The summed E-state index contributed by atoms with van der Waals surface area (Å²) in [4.78, 5) is 1.41. The number of benzene rings is 1. The maximum absolute atomic E-state index is 5.19. The summed E-state index contributed by atoms with van der Waals surface area (Å²) in [5, 5.41) is 5.83. The van der Waals surface area contributed by atoms with Crippen molar-refractivity contribution in [1.29, 1.82) is 0 Å². The van der Waals surface area contributed by atoms with Gasteiger partial charge >= 0.3 is 0 Å². The van der Waals surface area contributed by atoms with Gasteiger partial charge in [-0.3, -0.25) is 0 Å². The summed E-state index contributed by atoms with van der Waals surface area (Å²) >= 11 is 1.82. The highest BCUT2D eigenvalue weighted by molar-refractivity contribution is 7.10. The van der Waals surface area contributed by atoms with Gasteiger partial charge in [0.25, 0.3) is 0 Å². The summed E-state index contributed by atoms with van der Waals surface area (Å²) in [6.07, 6.45) is 1.10. The van der Waals surface area contributed by atoms with Crippen molar-refractivity contribution in [3.63, 3.8) is 0 Å². The third-order valence-corrected chi connectivity index (χ3v) is 4.35. The average molecular weight is 275 g/mol. The largest absolute Gasteiger partial charge is 0.497 e. The van der Waals surface area contributed by atoms with Crippen LogP contribution in [0.4, 0.5) is 0 Å². The van der Waals surface area contributed by atoms with E-state index in [1.165, 1.54) is 10.4 Å². The van der Waals surface area contributed by atoms with E-state index in [2.05, 4.69) is 48.8 Å². The second-order valence-electron chi connectivity index (χ2n) is 4.64. The maximum atomic E-state index is 5.19. The Hall–Kier alpha value is -1.32. The number of methoxy groups -OCH3 is 1. The van der Waals surface area contributed by atoms with E-state index in [9.17, 15) is 0 Å². The highest BCUT2D eigenvalue weighted by atomic mass is 32.1. The number of nitrogens with one attached hydrogen (secondary N) is 1. The molecule has 0 aliphatic heterocycles. The van der Waals surface area contributed by atoms with Crippen LogP contribution in [-0.2, 0) is 0 Å². The number of thiophene rings is 1. The van der Waals surface area contributed by atoms with Crippen LogP contribution in [-0.4, -0.2) is 7.11 Å². The summed E-state index contributed by atoms with van der Waals surface area (Å²) in [6.45, 7) is 4.43. The molecule has 1 aromatic heterocycles. The van der Waals surface area contributed by atoms with Gasteiger partial charge in [-0.25, -0.2) is 0 Å². The van der Waals surface area contributed by atoms with E-state index in [-0.39, 0.29) is 0 Å². The highest BCUT2D eigenvalue weighted by Gasteiger charge is 2.14. The smallest absolute Gasteiger partial charge is 0.118 e. The maximum Gasteiger partial charge on any atom is 0.118 e. The minimum Gasteiger partial charge on any atom is -0.497 e. The molecule has 0 radical (unpaired) electrons. The standard InChI is InChI=1S/C16H21NOS/c1-4-15(16-6-5-11-19-16)17-12(2)13-7-9-14(18-3)10-8-13/h5-12,15,17H,4H2,1-3H3/t12-,15?/m1/s1. The number of ether oxygens (including phenoxy) is 1. The van der Waals surface area contributed by atoms with Crippen LogP contribution in [0.25, 0.3) is 0 Å². The number of rotatable bonds is 6. The van der Waals surface area contributed by atoms with Crippen LogP contribution in [0, 0.1) is 0 Å². The zero-order valence-corrected chi connectivity index (χ0v) is 12.5. The zero-order chi connectivity index (χ0) is 13.7. The van der Waals surface area contributed by atoms with Crippen molar-refractivity contribution < 1.29 is 4.74 Å². The number of hydrogen-bond donors (Lipinski definition) is 1. The molecule has 0 aliphatic carbocycles. The molecular formula is C16H21NOS. The van der Waals surface area contributed by atoms with Crippen LogP contribution < -0.4 is 10.1 Å². The third-order valence-electron chi connectivity index (χ3n) is 3.36. The predicted molar refractivity (Wildman–Crippen MR) is 81.9 cm³/mol. The lowest BCUT2D eigenvalue weighted by atomic mass is 10.1. The van der Waals surface area contributed by atoms with E-state index >= 15 is 0 Å². The molecule has 0 spiro atoms. The molecular weight excluding hydrogens is 254 g/mol. The Morgan fingerprint density at radius 3 is 2.47 bits per heavy atom. The van der Waals surface area contributed by atoms with E-state index < -0.39 is 0 Å². The van der Waals surface area contributed by atoms with E-state index in [0.29, 0.717) is 12.1 Å². The van der Waals surface area contributed by atoms with Gasteiger partial charge in [-0.05, 0) is 42.5 Å². The first kappa shape index (κ1) is 14.1. The van der Waals surface area contributed by atoms with E-state index in [4.69, 9.17) is 4.74 Å². The van der Waals surface area contributed by atoms with Crippen molar-refractivity contribution >= 4 is 11.3 Å². The summed E-state index contributed by atoms with van der Waals surface area (Å²) in [5.41, 5.74) is 1.29. The van der Waals surface area contributed by atoms with Crippen molar-refractivity contribution in [2.75, 3.05) is 7.11 Å². The molecule has 1 heterocycles. The lowest BCUT2D eigenvalue weighted by Gasteiger charge is -2.22. The molecule has 1 N–H and O–H groups in total. The SMILES string of the molecule is CCC(N[C@H](C)c1ccc(OC)cc1)c1cccs1. The van der Waals surface area contributed by atoms with E-state index in [1.54, 1.807) is 7.11 Å². The molecule has 2 aromatic rings. The third kappa shape index (κ3) is 3.58. The quantitative estimate of drug-likeness (QED) is 0.834. The van der Waals surface area contributed by atoms with Crippen LogP contribution in [0.15, 0.2) is 41.8 Å². The van der Waals surface area contributed by atoms with Gasteiger partial charge in [0.15, 0.2) is 0 Å². The van der Waals surface area contributed by atoms with Crippen LogP contribution in [0.2, 0.25) is 0 Å². The normalized spacial score (nSPS) is 14.1. The van der Waals surface area contributed by atoms with Crippen molar-refractivity contribution in [3.05, 3.63) is 52.2 Å². The second-order valence-corrected chi connectivity index (χ2v) is 5.62. The molecule has 0 saturated heterocycles. The van der Waals surface area contributed by atoms with Crippen LogP contribution in [0.1, 0.15) is 42.8 Å². The molecule has 0 aliphatic rings. The van der Waals surface area contributed by atoms with Gasteiger partial charge in [-0.2, -0.15) is 0 Å². The monoisotopic (exact) mass is 275 g/mol. The summed E-state index contributed by atoms with van der Waals surface area (Å²) in [7, 11) is 1.70. The Kier molecular flexibility index (Phi) is 5.00. The van der Waals surface area contributed by atoms with Gasteiger partial charge in [0.1, 0.15) is 5.75 Å². The minimum absolute atomic E-state index is 0.331. The first-order chi connectivity index (χ1) is 9.24. The molecule has 2 nitrogen and oxygen atoms in total. The molecule has 0 bridgehead atoms. The Bertz CT molecular complexity index is 478. The molecule has 2 atom stereocenters. The molecule has 19 heavy (non-hydrogen) atoms. The van der Waals surface area contributed by atoms with E-state index in [1.807, 2.05) is 23.5 Å². The summed E-state index contributed by atoms with van der Waals surface area (Å²) in [6, 6.07) is 13.3. The Morgan fingerprint density at radius 1 is 1.21 bits per heavy atom. The van der Waals surface area contributed by atoms with Gasteiger partial charge < -0.3 is 10.1 Å². The van der Waals surface area contributed by atoms with Crippen LogP contribution in [0.3, 0.4) is 0 Å². The molecule has 0 saturated carbocycles. The van der Waals surface area contributed by atoms with Crippen LogP contribution in [0.5, 0.6) is 5.75 Å². The van der Waals surface area contributed by atoms with Crippen molar-refractivity contribution in [2.45, 2.75) is 32.4 Å². The molecule has 1 unspecified atom stereocenters. The first-order valence-corrected chi connectivity index (χ1v) is 7.56. The molecule has 0 fully saturated rings. The lowest BCUT2D eigenvalue weighted by Crippen LogP contribution is -2.23. The fourth-order valence-electron chi connectivity index (χ4n) is 2.18. The van der Waals surface area contributed by atoms with Gasteiger partial charge in [-0.1, -0.05) is 25.1 Å².